The third-order valence-corrected chi connectivity index (χ3v) is 4.58. The molecule has 1 aliphatic heterocycles. The fourth-order valence-corrected chi connectivity index (χ4v) is 3.53. The van der Waals surface area contributed by atoms with Crippen molar-refractivity contribution in [3.63, 3.8) is 0 Å². The fraction of sp³-hybridized carbons (Fsp3) is 0.562. The summed E-state index contributed by atoms with van der Waals surface area (Å²) in [6.45, 7) is 6.61. The molecule has 1 aliphatic rings. The second-order valence-electron chi connectivity index (χ2n) is 5.70. The number of hydrogen-bond donors (Lipinski definition) is 1. The summed E-state index contributed by atoms with van der Waals surface area (Å²) in [5.41, 5.74) is 0.867. The van der Waals surface area contributed by atoms with Crippen molar-refractivity contribution in [3.8, 4) is 0 Å². The highest BCUT2D eigenvalue weighted by atomic mass is 32.2. The van der Waals surface area contributed by atoms with Crippen LogP contribution < -0.4 is 10.2 Å². The van der Waals surface area contributed by atoms with Gasteiger partial charge in [0.25, 0.3) is 0 Å². The first-order valence-electron chi connectivity index (χ1n) is 7.75. The molecule has 0 fully saturated rings. The summed E-state index contributed by atoms with van der Waals surface area (Å²) in [5, 5.41) is 3.29. The minimum absolute atomic E-state index is 0.0119. The van der Waals surface area contributed by atoms with Crippen molar-refractivity contribution >= 4 is 29.3 Å². The highest BCUT2D eigenvalue weighted by molar-refractivity contribution is 8.00. The van der Waals surface area contributed by atoms with Gasteiger partial charge in [-0.3, -0.25) is 9.59 Å². The summed E-state index contributed by atoms with van der Waals surface area (Å²) in [7, 11) is 0. The van der Waals surface area contributed by atoms with Gasteiger partial charge in [0, 0.05) is 25.2 Å². The maximum absolute atomic E-state index is 12.7. The molecular weight excluding hydrogens is 298 g/mol. The van der Waals surface area contributed by atoms with Crippen LogP contribution in [0, 0.1) is 0 Å². The quantitative estimate of drug-likeness (QED) is 0.875. The van der Waals surface area contributed by atoms with Gasteiger partial charge < -0.3 is 10.2 Å². The predicted octanol–water partition coefficient (Wildman–Crippen LogP) is 2.60. The Hall–Kier alpha value is -1.56. The number of nitrogens with zero attached hydrogens (tertiary/aromatic N) is 2. The zero-order valence-corrected chi connectivity index (χ0v) is 14.2. The number of pyridine rings is 1. The molecule has 0 spiro atoms. The van der Waals surface area contributed by atoms with E-state index in [1.807, 2.05) is 26.0 Å². The van der Waals surface area contributed by atoms with E-state index in [0.717, 1.165) is 23.6 Å². The van der Waals surface area contributed by atoms with Crippen LogP contribution in [0.2, 0.25) is 0 Å². The van der Waals surface area contributed by atoms with E-state index in [9.17, 15) is 9.59 Å². The molecule has 5 nitrogen and oxygen atoms in total. The number of fused-ring (bicyclic) bond motifs is 1. The predicted molar refractivity (Wildman–Crippen MR) is 89.0 cm³/mol. The molecule has 1 aromatic rings. The van der Waals surface area contributed by atoms with Crippen molar-refractivity contribution in [2.24, 2.45) is 0 Å². The standard InChI is InChI=1S/C16H23N3O2S/c1-4-5-9-19-12-7-6-8-17-15(12)22-13(16(19)21)10-14(20)18-11(2)3/h6-8,11,13H,4-5,9-10H2,1-3H3,(H,18,20)/t13-/m1/s1. The van der Waals surface area contributed by atoms with Gasteiger partial charge in [0.05, 0.1) is 10.9 Å². The lowest BCUT2D eigenvalue weighted by Gasteiger charge is -2.32. The number of hydrogen-bond acceptors (Lipinski definition) is 4. The Morgan fingerprint density at radius 1 is 1.50 bits per heavy atom. The van der Waals surface area contributed by atoms with Gasteiger partial charge in [-0.15, -0.1) is 0 Å². The molecule has 1 atom stereocenters. The van der Waals surface area contributed by atoms with Crippen molar-refractivity contribution < 1.29 is 9.59 Å². The number of carbonyl (C=O) groups excluding carboxylic acids is 2. The summed E-state index contributed by atoms with van der Waals surface area (Å²) in [5.74, 6) is -0.0754. The molecule has 0 radical (unpaired) electrons. The van der Waals surface area contributed by atoms with E-state index >= 15 is 0 Å². The minimum Gasteiger partial charge on any atom is -0.354 e. The van der Waals surface area contributed by atoms with Crippen molar-refractivity contribution in [3.05, 3.63) is 18.3 Å². The van der Waals surface area contributed by atoms with Crippen molar-refractivity contribution in [1.29, 1.82) is 0 Å². The van der Waals surface area contributed by atoms with Crippen LogP contribution in [-0.4, -0.2) is 34.6 Å². The summed E-state index contributed by atoms with van der Waals surface area (Å²) in [6, 6.07) is 3.85. The van der Waals surface area contributed by atoms with Crippen molar-refractivity contribution in [1.82, 2.24) is 10.3 Å². The van der Waals surface area contributed by atoms with Gasteiger partial charge in [-0.2, -0.15) is 0 Å². The van der Waals surface area contributed by atoms with Crippen LogP contribution in [0.5, 0.6) is 0 Å². The van der Waals surface area contributed by atoms with E-state index in [0.29, 0.717) is 6.54 Å². The van der Waals surface area contributed by atoms with Crippen molar-refractivity contribution in [2.75, 3.05) is 11.4 Å². The maximum atomic E-state index is 12.7. The van der Waals surface area contributed by atoms with E-state index in [1.165, 1.54) is 11.8 Å². The molecule has 0 bridgehead atoms. The number of unbranched alkanes of at least 4 members (excludes halogenated alkanes) is 1. The van der Waals surface area contributed by atoms with E-state index in [2.05, 4.69) is 17.2 Å². The lowest BCUT2D eigenvalue weighted by molar-refractivity contribution is -0.125. The number of amides is 2. The molecule has 120 valence electrons. The Morgan fingerprint density at radius 2 is 2.27 bits per heavy atom. The molecule has 6 heteroatoms. The van der Waals surface area contributed by atoms with Crippen molar-refractivity contribution in [2.45, 2.75) is 56.4 Å². The van der Waals surface area contributed by atoms with Gasteiger partial charge in [0.1, 0.15) is 5.03 Å². The summed E-state index contributed by atoms with van der Waals surface area (Å²) in [4.78, 5) is 30.9. The lowest BCUT2D eigenvalue weighted by atomic mass is 10.2. The normalized spacial score (nSPS) is 17.5. The maximum Gasteiger partial charge on any atom is 0.241 e. The van der Waals surface area contributed by atoms with Gasteiger partial charge in [-0.05, 0) is 32.4 Å². The molecule has 0 unspecified atom stereocenters. The first-order valence-corrected chi connectivity index (χ1v) is 8.63. The Labute approximate surface area is 135 Å². The molecule has 2 amide bonds. The Morgan fingerprint density at radius 3 is 2.95 bits per heavy atom. The molecule has 1 N–H and O–H groups in total. The van der Waals surface area contributed by atoms with Crippen LogP contribution in [0.25, 0.3) is 0 Å². The van der Waals surface area contributed by atoms with E-state index in [1.54, 1.807) is 11.1 Å². The fourth-order valence-electron chi connectivity index (χ4n) is 2.38. The van der Waals surface area contributed by atoms with Gasteiger partial charge >= 0.3 is 0 Å². The van der Waals surface area contributed by atoms with Crippen LogP contribution in [-0.2, 0) is 9.59 Å². The number of aromatic nitrogens is 1. The SMILES string of the molecule is CCCCN1C(=O)[C@@H](CC(=O)NC(C)C)Sc2ncccc21. The monoisotopic (exact) mass is 321 g/mol. The number of carbonyl (C=O) groups is 2. The van der Waals surface area contributed by atoms with Gasteiger partial charge in [-0.1, -0.05) is 25.1 Å². The summed E-state index contributed by atoms with van der Waals surface area (Å²) in [6.07, 6.45) is 3.88. The topological polar surface area (TPSA) is 62.3 Å². The summed E-state index contributed by atoms with van der Waals surface area (Å²) < 4.78 is 0. The highest BCUT2D eigenvalue weighted by Gasteiger charge is 2.35. The van der Waals surface area contributed by atoms with Crippen LogP contribution >= 0.6 is 11.8 Å². The van der Waals surface area contributed by atoms with Crippen LogP contribution in [0.3, 0.4) is 0 Å². The molecule has 2 rings (SSSR count). The first kappa shape index (κ1) is 16.8. The zero-order valence-electron chi connectivity index (χ0n) is 13.3. The number of rotatable bonds is 6. The molecule has 0 saturated heterocycles. The summed E-state index contributed by atoms with van der Waals surface area (Å²) >= 11 is 1.39. The smallest absolute Gasteiger partial charge is 0.241 e. The average molecular weight is 321 g/mol. The van der Waals surface area contributed by atoms with Gasteiger partial charge in [-0.25, -0.2) is 4.98 Å². The molecule has 2 heterocycles. The Kier molecular flexibility index (Phi) is 5.83. The largest absolute Gasteiger partial charge is 0.354 e. The van der Waals surface area contributed by atoms with Crippen LogP contribution in [0.15, 0.2) is 23.4 Å². The second kappa shape index (κ2) is 7.63. The lowest BCUT2D eigenvalue weighted by Crippen LogP contribution is -2.44. The Balaban J connectivity index is 2.17. The van der Waals surface area contributed by atoms with Crippen LogP contribution in [0.4, 0.5) is 5.69 Å². The Bertz CT molecular complexity index is 548. The second-order valence-corrected chi connectivity index (χ2v) is 6.90. The van der Waals surface area contributed by atoms with Gasteiger partial charge in [0.2, 0.25) is 11.8 Å². The third kappa shape index (κ3) is 4.00. The number of nitrogens with one attached hydrogen (secondary N) is 1. The number of thioether (sulfide) groups is 1. The van der Waals surface area contributed by atoms with E-state index in [-0.39, 0.29) is 24.3 Å². The molecule has 22 heavy (non-hydrogen) atoms. The highest BCUT2D eigenvalue weighted by Crippen LogP contribution is 2.38. The average Bonchev–Trinajstić information content (AvgIpc) is 2.46. The first-order chi connectivity index (χ1) is 10.5. The molecule has 0 saturated carbocycles. The molecule has 1 aromatic heterocycles. The van der Waals surface area contributed by atoms with Gasteiger partial charge in [0.15, 0.2) is 0 Å². The van der Waals surface area contributed by atoms with E-state index in [4.69, 9.17) is 0 Å². The number of anilines is 1. The zero-order chi connectivity index (χ0) is 16.1. The minimum atomic E-state index is -0.391. The van der Waals surface area contributed by atoms with E-state index < -0.39 is 5.25 Å². The molecular formula is C16H23N3O2S. The third-order valence-electron chi connectivity index (χ3n) is 3.39. The molecule has 0 aromatic carbocycles. The molecule has 0 aliphatic carbocycles. The van der Waals surface area contributed by atoms with Crippen LogP contribution in [0.1, 0.15) is 40.0 Å².